The summed E-state index contributed by atoms with van der Waals surface area (Å²) in [5.74, 6) is -0.224. The smallest absolute Gasteiger partial charge is 0.239 e. The van der Waals surface area contributed by atoms with Crippen LogP contribution in [0.5, 0.6) is 0 Å². The maximum absolute atomic E-state index is 12.1. The molecule has 0 aliphatic carbocycles. The second kappa shape index (κ2) is 7.80. The average Bonchev–Trinajstić information content (AvgIpc) is 2.51. The van der Waals surface area contributed by atoms with Crippen LogP contribution < -0.4 is 5.32 Å². The van der Waals surface area contributed by atoms with Crippen molar-refractivity contribution in [1.82, 2.24) is 10.2 Å². The molecule has 0 spiro atoms. The van der Waals surface area contributed by atoms with E-state index in [9.17, 15) is 4.79 Å². The van der Waals surface area contributed by atoms with E-state index in [1.54, 1.807) is 13.8 Å². The van der Waals surface area contributed by atoms with Crippen LogP contribution in [0.3, 0.4) is 0 Å². The van der Waals surface area contributed by atoms with Crippen molar-refractivity contribution in [3.63, 3.8) is 0 Å². The summed E-state index contributed by atoms with van der Waals surface area (Å²) >= 11 is 0. The summed E-state index contributed by atoms with van der Waals surface area (Å²) in [6.07, 6.45) is 0. The molecule has 4 nitrogen and oxygen atoms in total. The van der Waals surface area contributed by atoms with Gasteiger partial charge in [0.15, 0.2) is 0 Å². The molecule has 4 heteroatoms. The Kier molecular flexibility index (Phi) is 6.39. The molecule has 1 atom stereocenters. The molecular weight excluding hydrogens is 262 g/mol. The Hall–Kier alpha value is -1.86. The van der Waals surface area contributed by atoms with Gasteiger partial charge in [-0.3, -0.25) is 9.69 Å². The first kappa shape index (κ1) is 17.2. The Morgan fingerprint density at radius 2 is 1.86 bits per heavy atom. The zero-order valence-electron chi connectivity index (χ0n) is 13.4. The van der Waals surface area contributed by atoms with Crippen molar-refractivity contribution in [2.24, 2.45) is 5.41 Å². The van der Waals surface area contributed by atoms with Gasteiger partial charge in [0.05, 0.1) is 12.1 Å². The highest BCUT2D eigenvalue weighted by Gasteiger charge is 2.28. The number of nitriles is 1. The molecule has 21 heavy (non-hydrogen) atoms. The lowest BCUT2D eigenvalue weighted by Crippen LogP contribution is -2.42. The number of benzene rings is 1. The van der Waals surface area contributed by atoms with Crippen molar-refractivity contribution in [3.05, 3.63) is 35.9 Å². The van der Waals surface area contributed by atoms with Crippen molar-refractivity contribution in [2.75, 3.05) is 19.6 Å². The van der Waals surface area contributed by atoms with Crippen molar-refractivity contribution in [1.29, 1.82) is 5.26 Å². The first-order valence-corrected chi connectivity index (χ1v) is 7.44. The van der Waals surface area contributed by atoms with E-state index in [2.05, 4.69) is 36.2 Å². The zero-order valence-corrected chi connectivity index (χ0v) is 13.4. The fraction of sp³-hybridized carbons (Fsp3) is 0.529. The molecule has 1 rings (SSSR count). The molecule has 0 heterocycles. The second-order valence-electron chi connectivity index (χ2n) is 5.59. The van der Waals surface area contributed by atoms with Gasteiger partial charge in [0.25, 0.3) is 0 Å². The summed E-state index contributed by atoms with van der Waals surface area (Å²) < 4.78 is 0. The Balaban J connectivity index is 2.85. The second-order valence-corrected chi connectivity index (χ2v) is 5.59. The fourth-order valence-corrected chi connectivity index (χ4v) is 2.26. The summed E-state index contributed by atoms with van der Waals surface area (Å²) in [7, 11) is 0. The van der Waals surface area contributed by atoms with Gasteiger partial charge in [0.2, 0.25) is 5.91 Å². The number of nitrogens with zero attached hydrogens (tertiary/aromatic N) is 2. The summed E-state index contributed by atoms with van der Waals surface area (Å²) in [5.41, 5.74) is 0.182. The minimum atomic E-state index is -0.996. The molecule has 0 fully saturated rings. The van der Waals surface area contributed by atoms with Gasteiger partial charge in [-0.25, -0.2) is 0 Å². The van der Waals surface area contributed by atoms with Crippen LogP contribution in [0, 0.1) is 16.7 Å². The lowest BCUT2D eigenvalue weighted by Gasteiger charge is -2.31. The molecule has 114 valence electrons. The van der Waals surface area contributed by atoms with Gasteiger partial charge in [-0.2, -0.15) is 5.26 Å². The number of likely N-dealkylation sites (N-methyl/N-ethyl adjacent to an activating group) is 1. The third-order valence-corrected chi connectivity index (χ3v) is 3.74. The number of nitrogens with one attached hydrogen (secondary N) is 1. The van der Waals surface area contributed by atoms with E-state index in [1.807, 2.05) is 24.3 Å². The number of rotatable bonds is 7. The SMILES string of the molecule is CCN(CC)C(CNC(=O)C(C)(C)C#N)c1ccccc1. The van der Waals surface area contributed by atoms with Crippen LogP contribution in [0.1, 0.15) is 39.3 Å². The van der Waals surface area contributed by atoms with Gasteiger partial charge in [-0.05, 0) is 32.5 Å². The topological polar surface area (TPSA) is 56.1 Å². The van der Waals surface area contributed by atoms with Gasteiger partial charge in [0, 0.05) is 6.54 Å². The Labute approximate surface area is 127 Å². The molecule has 1 N–H and O–H groups in total. The molecule has 0 saturated carbocycles. The van der Waals surface area contributed by atoms with E-state index in [-0.39, 0.29) is 11.9 Å². The Bertz CT molecular complexity index is 487. The molecule has 1 unspecified atom stereocenters. The summed E-state index contributed by atoms with van der Waals surface area (Å²) in [6, 6.07) is 12.3. The molecule has 1 aromatic rings. The molecule has 0 bridgehead atoms. The minimum Gasteiger partial charge on any atom is -0.353 e. The van der Waals surface area contributed by atoms with Crippen LogP contribution in [0.4, 0.5) is 0 Å². The monoisotopic (exact) mass is 287 g/mol. The third-order valence-electron chi connectivity index (χ3n) is 3.74. The molecule has 1 aromatic carbocycles. The highest BCUT2D eigenvalue weighted by Crippen LogP contribution is 2.20. The van der Waals surface area contributed by atoms with Crippen LogP contribution in [0.25, 0.3) is 0 Å². The number of carbonyl (C=O) groups excluding carboxylic acids is 1. The van der Waals surface area contributed by atoms with Crippen molar-refractivity contribution in [3.8, 4) is 6.07 Å². The Morgan fingerprint density at radius 1 is 1.29 bits per heavy atom. The minimum absolute atomic E-state index is 0.125. The fourth-order valence-electron chi connectivity index (χ4n) is 2.26. The molecular formula is C17H25N3O. The van der Waals surface area contributed by atoms with Crippen LogP contribution >= 0.6 is 0 Å². The highest BCUT2D eigenvalue weighted by atomic mass is 16.2. The van der Waals surface area contributed by atoms with E-state index in [4.69, 9.17) is 5.26 Å². The number of carbonyl (C=O) groups is 1. The van der Waals surface area contributed by atoms with E-state index in [0.717, 1.165) is 13.1 Å². The lowest BCUT2D eigenvalue weighted by atomic mass is 9.94. The molecule has 0 radical (unpaired) electrons. The average molecular weight is 287 g/mol. The van der Waals surface area contributed by atoms with Crippen molar-refractivity contribution >= 4 is 5.91 Å². The van der Waals surface area contributed by atoms with Crippen LogP contribution in [0.15, 0.2) is 30.3 Å². The molecule has 0 aliphatic rings. The summed E-state index contributed by atoms with van der Waals surface area (Å²) in [5, 5.41) is 11.9. The highest BCUT2D eigenvalue weighted by molar-refractivity contribution is 5.84. The molecule has 0 aromatic heterocycles. The normalized spacial score (nSPS) is 12.8. The predicted molar refractivity (Wildman–Crippen MR) is 84.5 cm³/mol. The number of hydrogen-bond acceptors (Lipinski definition) is 3. The van der Waals surface area contributed by atoms with Gasteiger partial charge < -0.3 is 5.32 Å². The van der Waals surface area contributed by atoms with Gasteiger partial charge >= 0.3 is 0 Å². The van der Waals surface area contributed by atoms with Gasteiger partial charge in [0.1, 0.15) is 5.41 Å². The van der Waals surface area contributed by atoms with E-state index in [0.29, 0.717) is 6.54 Å². The molecule has 0 saturated heterocycles. The first-order valence-electron chi connectivity index (χ1n) is 7.44. The van der Waals surface area contributed by atoms with E-state index >= 15 is 0 Å². The van der Waals surface area contributed by atoms with E-state index in [1.165, 1.54) is 5.56 Å². The third kappa shape index (κ3) is 4.57. The zero-order chi connectivity index (χ0) is 15.9. The van der Waals surface area contributed by atoms with Crippen molar-refractivity contribution < 1.29 is 4.79 Å². The molecule has 0 aliphatic heterocycles. The quantitative estimate of drug-likeness (QED) is 0.839. The van der Waals surface area contributed by atoms with Crippen LogP contribution in [0.2, 0.25) is 0 Å². The molecule has 1 amide bonds. The van der Waals surface area contributed by atoms with E-state index < -0.39 is 5.41 Å². The predicted octanol–water partition coefficient (Wildman–Crippen LogP) is 2.74. The Morgan fingerprint density at radius 3 is 2.33 bits per heavy atom. The van der Waals surface area contributed by atoms with Gasteiger partial charge in [-0.15, -0.1) is 0 Å². The standard InChI is InChI=1S/C17H25N3O/c1-5-20(6-2)15(14-10-8-7-9-11-14)12-19-16(21)17(3,4)13-18/h7-11,15H,5-6,12H2,1-4H3,(H,19,21). The summed E-state index contributed by atoms with van der Waals surface area (Å²) in [4.78, 5) is 14.4. The summed E-state index contributed by atoms with van der Waals surface area (Å²) in [6.45, 7) is 9.83. The maximum atomic E-state index is 12.1. The maximum Gasteiger partial charge on any atom is 0.239 e. The first-order chi connectivity index (χ1) is 9.96. The van der Waals surface area contributed by atoms with Crippen molar-refractivity contribution in [2.45, 2.75) is 33.7 Å². The lowest BCUT2D eigenvalue weighted by molar-refractivity contribution is -0.127. The van der Waals surface area contributed by atoms with Crippen LogP contribution in [-0.4, -0.2) is 30.4 Å². The van der Waals surface area contributed by atoms with Gasteiger partial charge in [-0.1, -0.05) is 44.2 Å². The number of hydrogen-bond donors (Lipinski definition) is 1. The number of amides is 1. The largest absolute Gasteiger partial charge is 0.353 e. The van der Waals surface area contributed by atoms with Crippen LogP contribution in [-0.2, 0) is 4.79 Å².